The van der Waals surface area contributed by atoms with Crippen LogP contribution in [0.25, 0.3) is 0 Å². The van der Waals surface area contributed by atoms with Crippen LogP contribution in [0.2, 0.25) is 5.02 Å². The molecule has 166 valence electrons. The average molecular weight is 471 g/mol. The minimum atomic E-state index is -3.82. The number of hydrogen-bond donors (Lipinski definition) is 2. The van der Waals surface area contributed by atoms with Crippen molar-refractivity contribution in [1.82, 2.24) is 5.32 Å². The molecular formula is C24H23ClN2O4S. The van der Waals surface area contributed by atoms with Crippen LogP contribution < -0.4 is 10.0 Å². The van der Waals surface area contributed by atoms with E-state index in [-0.39, 0.29) is 22.6 Å². The number of anilines is 1. The lowest BCUT2D eigenvalue weighted by molar-refractivity contribution is 0.0934. The maximum atomic E-state index is 12.7. The summed E-state index contributed by atoms with van der Waals surface area (Å²) in [5.74, 6) is -0.404. The van der Waals surface area contributed by atoms with Gasteiger partial charge in [-0.25, -0.2) is 8.42 Å². The first-order chi connectivity index (χ1) is 15.2. The Labute approximate surface area is 192 Å². The average Bonchev–Trinajstić information content (AvgIpc) is 2.78. The van der Waals surface area contributed by atoms with Gasteiger partial charge in [0.25, 0.3) is 15.9 Å². The number of sulfonamides is 1. The molecule has 6 nitrogen and oxygen atoms in total. The van der Waals surface area contributed by atoms with Crippen molar-refractivity contribution in [3.8, 4) is 0 Å². The zero-order valence-electron chi connectivity index (χ0n) is 17.6. The summed E-state index contributed by atoms with van der Waals surface area (Å²) in [6, 6.07) is 19.0. The standard InChI is InChI=1S/C24H23ClN2O4S/c1-3-23(18-4-10-20(25)11-5-18)26-24(29)19-6-12-21(13-7-19)27-32(30,31)22-14-8-17(9-15-22)16(2)28/h4-15,23,27H,3H2,1-2H3,(H,26,29). The van der Waals surface area contributed by atoms with Crippen LogP contribution in [0, 0.1) is 0 Å². The van der Waals surface area contributed by atoms with Gasteiger partial charge in [-0.05, 0) is 67.4 Å². The molecular weight excluding hydrogens is 448 g/mol. The number of rotatable bonds is 8. The Balaban J connectivity index is 1.69. The molecule has 0 saturated heterocycles. The fourth-order valence-corrected chi connectivity index (χ4v) is 4.31. The Kier molecular flexibility index (Phi) is 7.33. The molecule has 3 rings (SSSR count). The number of carbonyl (C=O) groups is 2. The lowest BCUT2D eigenvalue weighted by Crippen LogP contribution is -2.28. The molecule has 0 fully saturated rings. The molecule has 0 bridgehead atoms. The van der Waals surface area contributed by atoms with Crippen molar-refractivity contribution in [2.24, 2.45) is 0 Å². The second-order valence-corrected chi connectivity index (χ2v) is 9.37. The summed E-state index contributed by atoms with van der Waals surface area (Å²) in [6.45, 7) is 3.39. The number of amides is 1. The van der Waals surface area contributed by atoms with Crippen molar-refractivity contribution < 1.29 is 18.0 Å². The van der Waals surface area contributed by atoms with Gasteiger partial charge in [-0.1, -0.05) is 42.8 Å². The Bertz CT molecular complexity index is 1210. The number of Topliss-reactive ketones (excluding diaryl/α,β-unsaturated/α-hetero) is 1. The van der Waals surface area contributed by atoms with Gasteiger partial charge >= 0.3 is 0 Å². The Hall–Kier alpha value is -3.16. The van der Waals surface area contributed by atoms with Crippen molar-refractivity contribution in [2.75, 3.05) is 4.72 Å². The molecule has 8 heteroatoms. The SMILES string of the molecule is CCC(NC(=O)c1ccc(NS(=O)(=O)c2ccc(C(C)=O)cc2)cc1)c1ccc(Cl)cc1. The van der Waals surface area contributed by atoms with Gasteiger partial charge in [-0.3, -0.25) is 14.3 Å². The maximum absolute atomic E-state index is 12.7. The summed E-state index contributed by atoms with van der Waals surface area (Å²) < 4.78 is 27.6. The van der Waals surface area contributed by atoms with Crippen molar-refractivity contribution >= 4 is 39.0 Å². The quantitative estimate of drug-likeness (QED) is 0.441. The van der Waals surface area contributed by atoms with E-state index in [1.165, 1.54) is 43.3 Å². The minimum Gasteiger partial charge on any atom is -0.345 e. The second kappa shape index (κ2) is 9.97. The summed E-state index contributed by atoms with van der Waals surface area (Å²) in [6.07, 6.45) is 0.702. The van der Waals surface area contributed by atoms with Gasteiger partial charge in [0.05, 0.1) is 10.9 Å². The predicted molar refractivity (Wildman–Crippen MR) is 126 cm³/mol. The summed E-state index contributed by atoms with van der Waals surface area (Å²) >= 11 is 5.93. The van der Waals surface area contributed by atoms with E-state index in [0.29, 0.717) is 28.3 Å². The highest BCUT2D eigenvalue weighted by atomic mass is 35.5. The Morgan fingerprint density at radius 1 is 0.875 bits per heavy atom. The van der Waals surface area contributed by atoms with E-state index in [1.807, 2.05) is 19.1 Å². The molecule has 32 heavy (non-hydrogen) atoms. The third kappa shape index (κ3) is 5.75. The smallest absolute Gasteiger partial charge is 0.261 e. The molecule has 0 aliphatic carbocycles. The Morgan fingerprint density at radius 2 is 1.44 bits per heavy atom. The van der Waals surface area contributed by atoms with Crippen molar-refractivity contribution in [2.45, 2.75) is 31.2 Å². The number of benzene rings is 3. The summed E-state index contributed by atoms with van der Waals surface area (Å²) in [4.78, 5) is 24.1. The van der Waals surface area contributed by atoms with Crippen molar-refractivity contribution in [3.63, 3.8) is 0 Å². The fourth-order valence-electron chi connectivity index (χ4n) is 3.13. The minimum absolute atomic E-state index is 0.0399. The predicted octanol–water partition coefficient (Wildman–Crippen LogP) is 5.22. The van der Waals surface area contributed by atoms with E-state index < -0.39 is 10.0 Å². The third-order valence-corrected chi connectivity index (χ3v) is 6.61. The largest absolute Gasteiger partial charge is 0.345 e. The Morgan fingerprint density at radius 3 is 1.97 bits per heavy atom. The summed E-state index contributed by atoms with van der Waals surface area (Å²) in [5.41, 5.74) is 2.11. The van der Waals surface area contributed by atoms with E-state index in [0.717, 1.165) is 5.56 Å². The van der Waals surface area contributed by atoms with Crippen LogP contribution in [-0.4, -0.2) is 20.1 Å². The molecule has 0 aliphatic heterocycles. The number of hydrogen-bond acceptors (Lipinski definition) is 4. The van der Waals surface area contributed by atoms with Gasteiger partial charge < -0.3 is 5.32 Å². The molecule has 2 N–H and O–H groups in total. The summed E-state index contributed by atoms with van der Waals surface area (Å²) in [7, 11) is -3.82. The van der Waals surface area contributed by atoms with Gasteiger partial charge in [-0.2, -0.15) is 0 Å². The molecule has 1 unspecified atom stereocenters. The first kappa shape index (κ1) is 23.5. The van der Waals surface area contributed by atoms with E-state index in [4.69, 9.17) is 11.6 Å². The molecule has 0 aromatic heterocycles. The topological polar surface area (TPSA) is 92.3 Å². The molecule has 1 atom stereocenters. The highest BCUT2D eigenvalue weighted by Crippen LogP contribution is 2.21. The van der Waals surface area contributed by atoms with Crippen LogP contribution in [0.5, 0.6) is 0 Å². The first-order valence-electron chi connectivity index (χ1n) is 10.00. The van der Waals surface area contributed by atoms with Crippen LogP contribution in [0.3, 0.4) is 0 Å². The maximum Gasteiger partial charge on any atom is 0.261 e. The first-order valence-corrected chi connectivity index (χ1v) is 11.9. The zero-order chi connectivity index (χ0) is 23.3. The zero-order valence-corrected chi connectivity index (χ0v) is 19.2. The second-order valence-electron chi connectivity index (χ2n) is 7.25. The number of nitrogens with one attached hydrogen (secondary N) is 2. The highest BCUT2D eigenvalue weighted by molar-refractivity contribution is 7.92. The molecule has 0 spiro atoms. The van der Waals surface area contributed by atoms with Gasteiger partial charge in [0.2, 0.25) is 0 Å². The molecule has 0 heterocycles. The van der Waals surface area contributed by atoms with Gasteiger partial charge in [0.15, 0.2) is 5.78 Å². The van der Waals surface area contributed by atoms with Gasteiger partial charge in [-0.15, -0.1) is 0 Å². The van der Waals surface area contributed by atoms with Crippen LogP contribution >= 0.6 is 11.6 Å². The third-order valence-electron chi connectivity index (χ3n) is 4.96. The van der Waals surface area contributed by atoms with E-state index >= 15 is 0 Å². The molecule has 0 saturated carbocycles. The molecule has 1 amide bonds. The normalized spacial score (nSPS) is 12.1. The van der Waals surface area contributed by atoms with E-state index in [2.05, 4.69) is 10.0 Å². The van der Waals surface area contributed by atoms with Crippen molar-refractivity contribution in [3.05, 3.63) is 94.5 Å². The van der Waals surface area contributed by atoms with Crippen LogP contribution in [0.15, 0.2) is 77.7 Å². The van der Waals surface area contributed by atoms with Crippen LogP contribution in [0.4, 0.5) is 5.69 Å². The van der Waals surface area contributed by atoms with Crippen LogP contribution in [0.1, 0.15) is 52.6 Å². The molecule has 3 aromatic rings. The lowest BCUT2D eigenvalue weighted by atomic mass is 10.0. The van der Waals surface area contributed by atoms with E-state index in [9.17, 15) is 18.0 Å². The number of carbonyl (C=O) groups excluding carboxylic acids is 2. The summed E-state index contributed by atoms with van der Waals surface area (Å²) in [5, 5.41) is 3.61. The fraction of sp³-hybridized carbons (Fsp3) is 0.167. The van der Waals surface area contributed by atoms with E-state index in [1.54, 1.807) is 24.3 Å². The monoisotopic (exact) mass is 470 g/mol. The number of halogens is 1. The molecule has 0 radical (unpaired) electrons. The lowest BCUT2D eigenvalue weighted by Gasteiger charge is -2.18. The van der Waals surface area contributed by atoms with Gasteiger partial charge in [0.1, 0.15) is 0 Å². The van der Waals surface area contributed by atoms with Gasteiger partial charge in [0, 0.05) is 21.8 Å². The molecule has 0 aliphatic rings. The van der Waals surface area contributed by atoms with Crippen molar-refractivity contribution in [1.29, 1.82) is 0 Å². The number of ketones is 1. The van der Waals surface area contributed by atoms with Crippen LogP contribution in [-0.2, 0) is 10.0 Å². The molecule has 3 aromatic carbocycles. The highest BCUT2D eigenvalue weighted by Gasteiger charge is 2.17.